The van der Waals surface area contributed by atoms with Crippen molar-refractivity contribution in [3.05, 3.63) is 42.2 Å². The minimum Gasteiger partial charge on any atom is -0.381 e. The van der Waals surface area contributed by atoms with Crippen LogP contribution in [0.4, 0.5) is 5.69 Å². The van der Waals surface area contributed by atoms with Crippen molar-refractivity contribution < 1.29 is 13.2 Å². The lowest BCUT2D eigenvalue weighted by molar-refractivity contribution is 0.193. The molecule has 0 amide bonds. The third-order valence-corrected chi connectivity index (χ3v) is 4.81. The summed E-state index contributed by atoms with van der Waals surface area (Å²) in [5.74, 6) is 0.221. The highest BCUT2D eigenvalue weighted by Gasteiger charge is 2.21. The molecule has 7 nitrogen and oxygen atoms in total. The second-order valence-electron chi connectivity index (χ2n) is 5.25. The number of benzene rings is 1. The maximum absolute atomic E-state index is 12.0. The van der Waals surface area contributed by atoms with Gasteiger partial charge in [0.25, 0.3) is 0 Å². The number of rotatable bonds is 6. The number of para-hydroxylation sites is 1. The molecule has 0 spiro atoms. The first-order valence-corrected chi connectivity index (χ1v) is 8.81. The van der Waals surface area contributed by atoms with Crippen LogP contribution in [-0.2, 0) is 21.3 Å². The molecule has 1 N–H and O–H groups in total. The summed E-state index contributed by atoms with van der Waals surface area (Å²) in [6.45, 7) is 1.67. The zero-order valence-electron chi connectivity index (χ0n) is 12.1. The number of hydrogen-bond donors (Lipinski definition) is 1. The number of sulfonamides is 1. The van der Waals surface area contributed by atoms with Crippen LogP contribution in [0.5, 0.6) is 0 Å². The average molecular weight is 322 g/mol. The monoisotopic (exact) mass is 322 g/mol. The van der Waals surface area contributed by atoms with Gasteiger partial charge in [0.05, 0.1) is 24.6 Å². The highest BCUT2D eigenvalue weighted by atomic mass is 32.2. The van der Waals surface area contributed by atoms with Crippen LogP contribution in [0.1, 0.15) is 18.0 Å². The maximum atomic E-state index is 12.0. The van der Waals surface area contributed by atoms with Gasteiger partial charge in [-0.2, -0.15) is 0 Å². The largest absolute Gasteiger partial charge is 0.381 e. The summed E-state index contributed by atoms with van der Waals surface area (Å²) in [5, 5.41) is 8.09. The standard InChI is InChI=1S/C14H18N4O3S/c19-22(20,16-13-4-2-1-3-5-13)9-7-18-10-14(15-17-18)12-6-8-21-11-12/h1-5,10,12,16H,6-9,11H2. The van der Waals surface area contributed by atoms with Gasteiger partial charge in [-0.05, 0) is 18.6 Å². The van der Waals surface area contributed by atoms with E-state index in [0.29, 0.717) is 12.3 Å². The van der Waals surface area contributed by atoms with Gasteiger partial charge in [0.15, 0.2) is 0 Å². The molecule has 1 aliphatic heterocycles. The highest BCUT2D eigenvalue weighted by molar-refractivity contribution is 7.92. The van der Waals surface area contributed by atoms with Crippen molar-refractivity contribution >= 4 is 15.7 Å². The van der Waals surface area contributed by atoms with Gasteiger partial charge < -0.3 is 4.74 Å². The van der Waals surface area contributed by atoms with Crippen molar-refractivity contribution in [1.29, 1.82) is 0 Å². The van der Waals surface area contributed by atoms with Crippen LogP contribution >= 0.6 is 0 Å². The molecule has 1 saturated heterocycles. The van der Waals surface area contributed by atoms with E-state index in [4.69, 9.17) is 4.74 Å². The molecule has 0 aliphatic carbocycles. The molecule has 1 aromatic carbocycles. The van der Waals surface area contributed by atoms with Gasteiger partial charge in [-0.1, -0.05) is 23.4 Å². The van der Waals surface area contributed by atoms with E-state index < -0.39 is 10.0 Å². The van der Waals surface area contributed by atoms with Crippen molar-refractivity contribution in [2.45, 2.75) is 18.9 Å². The Hall–Kier alpha value is -1.93. The first kappa shape index (κ1) is 15.0. The lowest BCUT2D eigenvalue weighted by Crippen LogP contribution is -2.20. The summed E-state index contributed by atoms with van der Waals surface area (Å²) in [4.78, 5) is 0. The Balaban J connectivity index is 1.57. The van der Waals surface area contributed by atoms with Gasteiger partial charge in [0, 0.05) is 24.4 Å². The Morgan fingerprint density at radius 3 is 2.86 bits per heavy atom. The van der Waals surface area contributed by atoms with Crippen LogP contribution in [0.25, 0.3) is 0 Å². The summed E-state index contributed by atoms with van der Waals surface area (Å²) >= 11 is 0. The summed E-state index contributed by atoms with van der Waals surface area (Å²) in [6.07, 6.45) is 2.74. The zero-order valence-corrected chi connectivity index (χ0v) is 12.9. The second-order valence-corrected chi connectivity index (χ2v) is 7.10. The lowest BCUT2D eigenvalue weighted by Gasteiger charge is -2.07. The minimum atomic E-state index is -3.41. The minimum absolute atomic E-state index is 0.0497. The quantitative estimate of drug-likeness (QED) is 0.864. The molecule has 1 aliphatic rings. The fraction of sp³-hybridized carbons (Fsp3) is 0.429. The van der Waals surface area contributed by atoms with Crippen LogP contribution in [0.15, 0.2) is 36.5 Å². The molecule has 1 fully saturated rings. The first-order valence-electron chi connectivity index (χ1n) is 7.16. The predicted octanol–water partition coefficient (Wildman–Crippen LogP) is 1.22. The van der Waals surface area contributed by atoms with E-state index >= 15 is 0 Å². The second kappa shape index (κ2) is 6.45. The molecule has 8 heteroatoms. The van der Waals surface area contributed by atoms with Gasteiger partial charge in [-0.15, -0.1) is 5.10 Å². The lowest BCUT2D eigenvalue weighted by atomic mass is 10.1. The van der Waals surface area contributed by atoms with Crippen LogP contribution in [0.2, 0.25) is 0 Å². The number of hydrogen-bond acceptors (Lipinski definition) is 5. The Morgan fingerprint density at radius 2 is 2.14 bits per heavy atom. The van der Waals surface area contributed by atoms with E-state index in [0.717, 1.165) is 18.7 Å². The number of ether oxygens (including phenoxy) is 1. The molecule has 1 aromatic heterocycles. The van der Waals surface area contributed by atoms with Gasteiger partial charge in [0.2, 0.25) is 10.0 Å². The van der Waals surface area contributed by atoms with E-state index in [-0.39, 0.29) is 18.2 Å². The molecule has 0 saturated carbocycles. The maximum Gasteiger partial charge on any atom is 0.234 e. The molecule has 3 rings (SSSR count). The first-order chi connectivity index (χ1) is 10.6. The van der Waals surface area contributed by atoms with E-state index in [2.05, 4.69) is 15.0 Å². The summed E-state index contributed by atoms with van der Waals surface area (Å²) < 4.78 is 33.5. The van der Waals surface area contributed by atoms with Crippen LogP contribution < -0.4 is 4.72 Å². The molecule has 118 valence electrons. The van der Waals surface area contributed by atoms with Gasteiger partial charge in [-0.25, -0.2) is 8.42 Å². The molecular weight excluding hydrogens is 304 g/mol. The number of aryl methyl sites for hydroxylation is 1. The third-order valence-electron chi connectivity index (χ3n) is 3.54. The number of nitrogens with zero attached hydrogens (tertiary/aromatic N) is 3. The van der Waals surface area contributed by atoms with Crippen LogP contribution in [0.3, 0.4) is 0 Å². The molecule has 2 heterocycles. The summed E-state index contributed by atoms with van der Waals surface area (Å²) in [6, 6.07) is 8.83. The van der Waals surface area contributed by atoms with E-state index in [1.54, 1.807) is 35.1 Å². The topological polar surface area (TPSA) is 86.1 Å². The average Bonchev–Trinajstić information content (AvgIpc) is 3.17. The number of aromatic nitrogens is 3. The van der Waals surface area contributed by atoms with Crippen molar-refractivity contribution in [1.82, 2.24) is 15.0 Å². The molecule has 1 unspecified atom stereocenters. The van der Waals surface area contributed by atoms with Crippen LogP contribution in [0, 0.1) is 0 Å². The van der Waals surface area contributed by atoms with Crippen molar-refractivity contribution in [3.63, 3.8) is 0 Å². The third kappa shape index (κ3) is 3.83. The van der Waals surface area contributed by atoms with E-state index in [1.165, 1.54) is 0 Å². The predicted molar refractivity (Wildman–Crippen MR) is 82.1 cm³/mol. The van der Waals surface area contributed by atoms with Gasteiger partial charge in [-0.3, -0.25) is 9.40 Å². The Kier molecular flexibility index (Phi) is 4.39. The SMILES string of the molecule is O=S(=O)(CCn1cc(C2CCOC2)nn1)Nc1ccccc1. The Morgan fingerprint density at radius 1 is 1.32 bits per heavy atom. The van der Waals surface area contributed by atoms with E-state index in [9.17, 15) is 8.42 Å². The molecule has 0 bridgehead atoms. The fourth-order valence-corrected chi connectivity index (χ4v) is 3.35. The smallest absolute Gasteiger partial charge is 0.234 e. The normalized spacial score (nSPS) is 18.5. The van der Waals surface area contributed by atoms with Crippen molar-refractivity contribution in [3.8, 4) is 0 Å². The summed E-state index contributed by atoms with van der Waals surface area (Å²) in [5.41, 5.74) is 1.43. The Labute approximate surface area is 129 Å². The molecular formula is C14H18N4O3S. The van der Waals surface area contributed by atoms with E-state index in [1.807, 2.05) is 6.07 Å². The molecule has 22 heavy (non-hydrogen) atoms. The van der Waals surface area contributed by atoms with Gasteiger partial charge >= 0.3 is 0 Å². The molecule has 2 aromatic rings. The fourth-order valence-electron chi connectivity index (χ4n) is 2.33. The van der Waals surface area contributed by atoms with Crippen molar-refractivity contribution in [2.75, 3.05) is 23.7 Å². The Bertz CT molecular complexity index is 709. The summed E-state index contributed by atoms with van der Waals surface area (Å²) in [7, 11) is -3.41. The number of nitrogens with one attached hydrogen (secondary N) is 1. The van der Waals surface area contributed by atoms with Gasteiger partial charge in [0.1, 0.15) is 0 Å². The zero-order chi connectivity index (χ0) is 15.4. The number of anilines is 1. The van der Waals surface area contributed by atoms with Crippen molar-refractivity contribution in [2.24, 2.45) is 0 Å². The highest BCUT2D eigenvalue weighted by Crippen LogP contribution is 2.22. The molecule has 1 atom stereocenters. The van der Waals surface area contributed by atoms with Crippen LogP contribution in [-0.4, -0.2) is 42.4 Å². The molecule has 0 radical (unpaired) electrons.